The van der Waals surface area contributed by atoms with Gasteiger partial charge in [0.25, 0.3) is 0 Å². The fraction of sp³-hybridized carbons (Fsp3) is 0.300. The standard InChI is InChI=1S/C10H10BrN3O3/c1-2-13-7-3-6(11)4-12-9(7)14(10(13)17)5-8(15)16/h3-4H,2,5H2,1H3,(H,15,16). The molecule has 2 aromatic heterocycles. The Hall–Kier alpha value is -1.63. The van der Waals surface area contributed by atoms with Gasteiger partial charge in [-0.1, -0.05) is 0 Å². The molecule has 0 fully saturated rings. The zero-order valence-corrected chi connectivity index (χ0v) is 10.6. The molecule has 0 atom stereocenters. The van der Waals surface area contributed by atoms with E-state index in [4.69, 9.17) is 5.11 Å². The van der Waals surface area contributed by atoms with Crippen molar-refractivity contribution in [3.63, 3.8) is 0 Å². The van der Waals surface area contributed by atoms with Gasteiger partial charge in [0, 0.05) is 17.2 Å². The van der Waals surface area contributed by atoms with Gasteiger partial charge in [0.1, 0.15) is 6.54 Å². The summed E-state index contributed by atoms with van der Waals surface area (Å²) in [7, 11) is 0. The van der Waals surface area contributed by atoms with E-state index in [-0.39, 0.29) is 12.2 Å². The molecule has 7 heteroatoms. The van der Waals surface area contributed by atoms with Crippen LogP contribution in [0.5, 0.6) is 0 Å². The molecule has 6 nitrogen and oxygen atoms in total. The molecule has 0 unspecified atom stereocenters. The van der Waals surface area contributed by atoms with Crippen molar-refractivity contribution < 1.29 is 9.90 Å². The highest BCUT2D eigenvalue weighted by Crippen LogP contribution is 2.16. The highest BCUT2D eigenvalue weighted by atomic mass is 79.9. The quantitative estimate of drug-likeness (QED) is 0.919. The van der Waals surface area contributed by atoms with Crippen LogP contribution in [0.3, 0.4) is 0 Å². The van der Waals surface area contributed by atoms with Gasteiger partial charge >= 0.3 is 11.7 Å². The smallest absolute Gasteiger partial charge is 0.330 e. The molecule has 90 valence electrons. The van der Waals surface area contributed by atoms with E-state index in [1.54, 1.807) is 12.3 Å². The molecule has 2 rings (SSSR count). The first-order chi connectivity index (χ1) is 8.04. The predicted molar refractivity (Wildman–Crippen MR) is 65.0 cm³/mol. The van der Waals surface area contributed by atoms with E-state index in [0.717, 1.165) is 9.04 Å². The van der Waals surface area contributed by atoms with E-state index in [1.807, 2.05) is 6.92 Å². The molecule has 0 spiro atoms. The summed E-state index contributed by atoms with van der Waals surface area (Å²) in [6.07, 6.45) is 1.54. The first-order valence-corrected chi connectivity index (χ1v) is 5.80. The zero-order chi connectivity index (χ0) is 12.6. The number of fused-ring (bicyclic) bond motifs is 1. The number of rotatable bonds is 3. The molecule has 1 N–H and O–H groups in total. The van der Waals surface area contributed by atoms with Crippen LogP contribution < -0.4 is 5.69 Å². The van der Waals surface area contributed by atoms with Crippen molar-refractivity contribution in [2.45, 2.75) is 20.0 Å². The van der Waals surface area contributed by atoms with Gasteiger partial charge in [-0.15, -0.1) is 0 Å². The number of carbonyl (C=O) groups is 1. The van der Waals surface area contributed by atoms with Gasteiger partial charge in [0.15, 0.2) is 5.65 Å². The van der Waals surface area contributed by atoms with Crippen LogP contribution >= 0.6 is 15.9 Å². The van der Waals surface area contributed by atoms with Crippen LogP contribution in [0, 0.1) is 0 Å². The first-order valence-electron chi connectivity index (χ1n) is 5.01. The summed E-state index contributed by atoms with van der Waals surface area (Å²) in [5, 5.41) is 8.78. The summed E-state index contributed by atoms with van der Waals surface area (Å²) in [5.41, 5.74) is 0.672. The van der Waals surface area contributed by atoms with E-state index in [0.29, 0.717) is 17.7 Å². The molecule has 2 aromatic rings. The lowest BCUT2D eigenvalue weighted by Crippen LogP contribution is -2.26. The molecular weight excluding hydrogens is 290 g/mol. The van der Waals surface area contributed by atoms with Crippen LogP contribution in [0.4, 0.5) is 0 Å². The normalized spacial score (nSPS) is 10.9. The van der Waals surface area contributed by atoms with E-state index < -0.39 is 5.97 Å². The van der Waals surface area contributed by atoms with E-state index in [9.17, 15) is 9.59 Å². The van der Waals surface area contributed by atoms with Crippen LogP contribution in [-0.2, 0) is 17.9 Å². The van der Waals surface area contributed by atoms with Crippen molar-refractivity contribution in [1.82, 2.24) is 14.1 Å². The Kier molecular flexibility index (Phi) is 3.01. The minimum Gasteiger partial charge on any atom is -0.480 e. The third kappa shape index (κ3) is 1.97. The number of hydrogen-bond donors (Lipinski definition) is 1. The van der Waals surface area contributed by atoms with Crippen molar-refractivity contribution in [3.8, 4) is 0 Å². The Morgan fingerprint density at radius 3 is 2.82 bits per heavy atom. The Labute approximate surface area is 105 Å². The lowest BCUT2D eigenvalue weighted by molar-refractivity contribution is -0.137. The van der Waals surface area contributed by atoms with Crippen molar-refractivity contribution in [1.29, 1.82) is 0 Å². The lowest BCUT2D eigenvalue weighted by atomic mass is 10.4. The maximum atomic E-state index is 12.0. The molecule has 17 heavy (non-hydrogen) atoms. The number of aliphatic carboxylic acids is 1. The third-order valence-corrected chi connectivity index (χ3v) is 2.87. The Morgan fingerprint density at radius 1 is 1.53 bits per heavy atom. The molecule has 0 saturated heterocycles. The van der Waals surface area contributed by atoms with Crippen LogP contribution in [0.25, 0.3) is 11.2 Å². The summed E-state index contributed by atoms with van der Waals surface area (Å²) >= 11 is 3.28. The monoisotopic (exact) mass is 299 g/mol. The average molecular weight is 300 g/mol. The van der Waals surface area contributed by atoms with Crippen LogP contribution in [0.2, 0.25) is 0 Å². The van der Waals surface area contributed by atoms with Crippen molar-refractivity contribution in [3.05, 3.63) is 27.2 Å². The number of carboxylic acids is 1. The molecule has 2 heterocycles. The summed E-state index contributed by atoms with van der Waals surface area (Å²) in [6.45, 7) is 1.92. The fourth-order valence-electron chi connectivity index (χ4n) is 1.75. The van der Waals surface area contributed by atoms with Gasteiger partial charge in [-0.3, -0.25) is 13.9 Å². The number of aromatic nitrogens is 3. The number of pyridine rings is 1. The molecule has 0 aliphatic carbocycles. The van der Waals surface area contributed by atoms with Gasteiger partial charge in [0.05, 0.1) is 5.52 Å². The molecule has 0 aliphatic heterocycles. The summed E-state index contributed by atoms with van der Waals surface area (Å²) in [4.78, 5) is 26.8. The number of halogens is 1. The summed E-state index contributed by atoms with van der Waals surface area (Å²) in [6, 6.07) is 1.76. The molecular formula is C10H10BrN3O3. The highest BCUT2D eigenvalue weighted by Gasteiger charge is 2.15. The maximum Gasteiger partial charge on any atom is 0.330 e. The molecule has 0 aromatic carbocycles. The SMILES string of the molecule is CCn1c(=O)n(CC(=O)O)c2ncc(Br)cc21. The minimum absolute atomic E-state index is 0.351. The fourth-order valence-corrected chi connectivity index (χ4v) is 2.07. The average Bonchev–Trinajstić information content (AvgIpc) is 2.50. The largest absolute Gasteiger partial charge is 0.480 e. The van der Waals surface area contributed by atoms with Gasteiger partial charge in [-0.25, -0.2) is 9.78 Å². The van der Waals surface area contributed by atoms with Gasteiger partial charge < -0.3 is 5.11 Å². The van der Waals surface area contributed by atoms with Gasteiger partial charge in [-0.2, -0.15) is 0 Å². The molecule has 0 amide bonds. The number of hydrogen-bond acceptors (Lipinski definition) is 3. The number of aryl methyl sites for hydroxylation is 1. The zero-order valence-electron chi connectivity index (χ0n) is 9.05. The Balaban J connectivity index is 2.79. The number of nitrogens with zero attached hydrogens (tertiary/aromatic N) is 3. The minimum atomic E-state index is -1.06. The lowest BCUT2D eigenvalue weighted by Gasteiger charge is -1.97. The second-order valence-corrected chi connectivity index (χ2v) is 4.42. The number of imidazole rings is 1. The molecule has 0 aliphatic rings. The van der Waals surface area contributed by atoms with Gasteiger partial charge in [-0.05, 0) is 28.9 Å². The second kappa shape index (κ2) is 4.33. The maximum absolute atomic E-state index is 12.0. The third-order valence-electron chi connectivity index (χ3n) is 2.43. The molecule has 0 bridgehead atoms. The molecule has 0 radical (unpaired) electrons. The van der Waals surface area contributed by atoms with E-state index in [1.165, 1.54) is 4.57 Å². The first kappa shape index (κ1) is 11.8. The van der Waals surface area contributed by atoms with Crippen LogP contribution in [0.1, 0.15) is 6.92 Å². The van der Waals surface area contributed by atoms with Crippen molar-refractivity contribution in [2.75, 3.05) is 0 Å². The topological polar surface area (TPSA) is 77.1 Å². The van der Waals surface area contributed by atoms with E-state index >= 15 is 0 Å². The number of carboxylic acid groups (broad SMARTS) is 1. The Bertz CT molecular complexity index is 644. The predicted octanol–water partition coefficient (Wildman–Crippen LogP) is 1.06. The highest BCUT2D eigenvalue weighted by molar-refractivity contribution is 9.10. The molecule has 0 saturated carbocycles. The van der Waals surface area contributed by atoms with Crippen LogP contribution in [0.15, 0.2) is 21.5 Å². The second-order valence-electron chi connectivity index (χ2n) is 3.50. The summed E-state index contributed by atoms with van der Waals surface area (Å²) < 4.78 is 3.41. The van der Waals surface area contributed by atoms with Gasteiger partial charge in [0.2, 0.25) is 0 Å². The van der Waals surface area contributed by atoms with Crippen molar-refractivity contribution >= 4 is 33.1 Å². The van der Waals surface area contributed by atoms with Crippen molar-refractivity contribution in [2.24, 2.45) is 0 Å². The van der Waals surface area contributed by atoms with E-state index in [2.05, 4.69) is 20.9 Å². The van der Waals surface area contributed by atoms with Crippen LogP contribution in [-0.4, -0.2) is 25.2 Å². The Morgan fingerprint density at radius 2 is 2.24 bits per heavy atom. The summed E-state index contributed by atoms with van der Waals surface area (Å²) in [5.74, 6) is -1.06.